The molecule has 0 fully saturated rings. The molecule has 0 amide bonds. The number of thiazole rings is 1. The second-order valence-electron chi connectivity index (χ2n) is 4.73. The number of hydrogen-bond donors (Lipinski definition) is 1. The van der Waals surface area contributed by atoms with Gasteiger partial charge < -0.3 is 5.73 Å². The second-order valence-corrected chi connectivity index (χ2v) is 5.79. The first kappa shape index (κ1) is 16.4. The molecular formula is C13H21F3N2S. The summed E-state index contributed by atoms with van der Waals surface area (Å²) in [6, 6.07) is -0.320. The van der Waals surface area contributed by atoms with Crippen LogP contribution in [-0.2, 0) is 6.18 Å². The van der Waals surface area contributed by atoms with Gasteiger partial charge in [0.25, 0.3) is 0 Å². The lowest BCUT2D eigenvalue weighted by molar-refractivity contribution is -0.137. The predicted molar refractivity (Wildman–Crippen MR) is 72.0 cm³/mol. The van der Waals surface area contributed by atoms with Gasteiger partial charge in [-0.15, -0.1) is 11.3 Å². The lowest BCUT2D eigenvalue weighted by Crippen LogP contribution is -2.08. The number of hydrogen-bond acceptors (Lipinski definition) is 3. The number of nitrogens with two attached hydrogens (primary N) is 1. The van der Waals surface area contributed by atoms with Gasteiger partial charge >= 0.3 is 6.18 Å². The van der Waals surface area contributed by atoms with E-state index in [-0.39, 0.29) is 6.04 Å². The molecule has 1 unspecified atom stereocenters. The van der Waals surface area contributed by atoms with E-state index in [1.165, 1.54) is 31.9 Å². The molecule has 1 heterocycles. The fourth-order valence-electron chi connectivity index (χ4n) is 1.88. The molecule has 2 nitrogen and oxygen atoms in total. The Morgan fingerprint density at radius 1 is 1.21 bits per heavy atom. The first-order chi connectivity index (χ1) is 8.95. The summed E-state index contributed by atoms with van der Waals surface area (Å²) in [6.07, 6.45) is 4.55. The number of aromatic nitrogens is 1. The number of unbranched alkanes of at least 4 members (excludes halogenated alkanes) is 5. The molecule has 0 bridgehead atoms. The van der Waals surface area contributed by atoms with E-state index >= 15 is 0 Å². The molecule has 0 aromatic carbocycles. The van der Waals surface area contributed by atoms with Gasteiger partial charge in [0, 0.05) is 17.1 Å². The van der Waals surface area contributed by atoms with Gasteiger partial charge in [0.05, 0.1) is 0 Å². The van der Waals surface area contributed by atoms with Crippen molar-refractivity contribution in [2.45, 2.75) is 64.1 Å². The summed E-state index contributed by atoms with van der Waals surface area (Å²) in [4.78, 5) is 3.92. The lowest BCUT2D eigenvalue weighted by Gasteiger charge is -2.08. The number of alkyl halides is 3. The Labute approximate surface area is 116 Å². The standard InChI is InChI=1S/C13H21F3N2S/c1-2-3-4-5-6-7-8-10(17)11-9-18-12(19-11)13(14,15)16/h9-10H,2-8,17H2,1H3. The average molecular weight is 294 g/mol. The van der Waals surface area contributed by atoms with Gasteiger partial charge in [0.15, 0.2) is 5.01 Å². The van der Waals surface area contributed by atoms with Crippen LogP contribution >= 0.6 is 11.3 Å². The molecule has 0 aliphatic rings. The Morgan fingerprint density at radius 3 is 2.42 bits per heavy atom. The first-order valence-electron chi connectivity index (χ1n) is 6.73. The van der Waals surface area contributed by atoms with Gasteiger partial charge in [-0.2, -0.15) is 13.2 Å². The summed E-state index contributed by atoms with van der Waals surface area (Å²) < 4.78 is 37.2. The van der Waals surface area contributed by atoms with E-state index in [1.54, 1.807) is 0 Å². The molecule has 1 aromatic heterocycles. The van der Waals surface area contributed by atoms with Crippen molar-refractivity contribution in [3.05, 3.63) is 16.1 Å². The van der Waals surface area contributed by atoms with Gasteiger partial charge in [-0.05, 0) is 6.42 Å². The zero-order valence-electron chi connectivity index (χ0n) is 11.2. The maximum absolute atomic E-state index is 12.4. The number of rotatable bonds is 8. The van der Waals surface area contributed by atoms with E-state index < -0.39 is 11.2 Å². The molecule has 2 N–H and O–H groups in total. The van der Waals surface area contributed by atoms with Crippen LogP contribution in [0, 0.1) is 0 Å². The van der Waals surface area contributed by atoms with Crippen LogP contribution in [0.25, 0.3) is 0 Å². The Morgan fingerprint density at radius 2 is 1.84 bits per heavy atom. The minimum Gasteiger partial charge on any atom is -0.323 e. The van der Waals surface area contributed by atoms with Crippen LogP contribution in [0.15, 0.2) is 6.20 Å². The molecular weight excluding hydrogens is 273 g/mol. The second kappa shape index (κ2) is 7.85. The maximum atomic E-state index is 12.4. The van der Waals surface area contributed by atoms with Crippen molar-refractivity contribution in [3.63, 3.8) is 0 Å². The Balaban J connectivity index is 2.29. The van der Waals surface area contributed by atoms with Gasteiger partial charge in [0.2, 0.25) is 0 Å². The minimum atomic E-state index is -4.36. The highest BCUT2D eigenvalue weighted by Gasteiger charge is 2.34. The van der Waals surface area contributed by atoms with Crippen LogP contribution in [0.4, 0.5) is 13.2 Å². The predicted octanol–water partition coefficient (Wildman–Crippen LogP) is 4.91. The highest BCUT2D eigenvalue weighted by atomic mass is 32.1. The van der Waals surface area contributed by atoms with Crippen molar-refractivity contribution >= 4 is 11.3 Å². The normalized spacial score (nSPS) is 13.7. The molecule has 19 heavy (non-hydrogen) atoms. The Bertz CT molecular complexity index is 363. The quantitative estimate of drug-likeness (QED) is 0.692. The monoisotopic (exact) mass is 294 g/mol. The van der Waals surface area contributed by atoms with Crippen molar-refractivity contribution in [2.75, 3.05) is 0 Å². The number of halogens is 3. The van der Waals surface area contributed by atoms with E-state index in [4.69, 9.17) is 5.73 Å². The van der Waals surface area contributed by atoms with Crippen LogP contribution in [-0.4, -0.2) is 4.98 Å². The van der Waals surface area contributed by atoms with Gasteiger partial charge in [-0.3, -0.25) is 0 Å². The third kappa shape index (κ3) is 5.91. The van der Waals surface area contributed by atoms with Gasteiger partial charge in [-0.1, -0.05) is 45.4 Å². The molecule has 0 aliphatic heterocycles. The molecule has 6 heteroatoms. The Hall–Kier alpha value is -0.620. The SMILES string of the molecule is CCCCCCCCC(N)c1cnc(C(F)(F)F)s1. The van der Waals surface area contributed by atoms with Gasteiger partial charge in [-0.25, -0.2) is 4.98 Å². The highest BCUT2D eigenvalue weighted by molar-refractivity contribution is 7.11. The average Bonchev–Trinajstić information content (AvgIpc) is 2.82. The summed E-state index contributed by atoms with van der Waals surface area (Å²) in [6.45, 7) is 2.16. The van der Waals surface area contributed by atoms with Crippen molar-refractivity contribution in [3.8, 4) is 0 Å². The smallest absolute Gasteiger partial charge is 0.323 e. The molecule has 0 radical (unpaired) electrons. The fourth-order valence-corrected chi connectivity index (χ4v) is 2.69. The molecule has 0 aliphatic carbocycles. The van der Waals surface area contributed by atoms with Crippen LogP contribution in [0.2, 0.25) is 0 Å². The minimum absolute atomic E-state index is 0.320. The molecule has 110 valence electrons. The largest absolute Gasteiger partial charge is 0.443 e. The molecule has 1 aromatic rings. The summed E-state index contributed by atoms with van der Waals surface area (Å²) in [5.74, 6) is 0. The molecule has 1 rings (SSSR count). The third-order valence-electron chi connectivity index (χ3n) is 3.00. The highest BCUT2D eigenvalue weighted by Crippen LogP contribution is 2.34. The molecule has 1 atom stereocenters. The zero-order chi connectivity index (χ0) is 14.3. The van der Waals surface area contributed by atoms with Gasteiger partial charge in [0.1, 0.15) is 0 Å². The molecule has 0 saturated heterocycles. The van der Waals surface area contributed by atoms with Crippen molar-refractivity contribution in [1.82, 2.24) is 4.98 Å². The van der Waals surface area contributed by atoms with Crippen molar-refractivity contribution < 1.29 is 13.2 Å². The van der Waals surface area contributed by atoms with Crippen molar-refractivity contribution in [1.29, 1.82) is 0 Å². The fraction of sp³-hybridized carbons (Fsp3) is 0.769. The van der Waals surface area contributed by atoms with Crippen LogP contribution in [0.1, 0.15) is 67.8 Å². The lowest BCUT2D eigenvalue weighted by atomic mass is 10.1. The maximum Gasteiger partial charge on any atom is 0.443 e. The van der Waals surface area contributed by atoms with E-state index in [0.717, 1.165) is 19.3 Å². The zero-order valence-corrected chi connectivity index (χ0v) is 12.0. The van der Waals surface area contributed by atoms with Crippen LogP contribution in [0.3, 0.4) is 0 Å². The third-order valence-corrected chi connectivity index (χ3v) is 4.17. The molecule has 0 saturated carbocycles. The summed E-state index contributed by atoms with van der Waals surface area (Å²) in [5.41, 5.74) is 5.90. The van der Waals surface area contributed by atoms with E-state index in [0.29, 0.717) is 16.2 Å². The first-order valence-corrected chi connectivity index (χ1v) is 7.55. The summed E-state index contributed by atoms with van der Waals surface area (Å²) in [5, 5.41) is -0.805. The van der Waals surface area contributed by atoms with E-state index in [2.05, 4.69) is 11.9 Å². The number of nitrogens with zero attached hydrogens (tertiary/aromatic N) is 1. The van der Waals surface area contributed by atoms with E-state index in [1.807, 2.05) is 0 Å². The van der Waals surface area contributed by atoms with Crippen molar-refractivity contribution in [2.24, 2.45) is 5.73 Å². The molecule has 0 spiro atoms. The Kier molecular flexibility index (Phi) is 6.79. The van der Waals surface area contributed by atoms with Crippen LogP contribution in [0.5, 0.6) is 0 Å². The van der Waals surface area contributed by atoms with E-state index in [9.17, 15) is 13.2 Å². The summed E-state index contributed by atoms with van der Waals surface area (Å²) in [7, 11) is 0. The summed E-state index contributed by atoms with van der Waals surface area (Å²) >= 11 is 0.659. The van der Waals surface area contributed by atoms with Crippen LogP contribution < -0.4 is 5.73 Å². The topological polar surface area (TPSA) is 38.9 Å².